The maximum atomic E-state index is 11.9. The van der Waals surface area contributed by atoms with Crippen molar-refractivity contribution in [3.05, 3.63) is 29.6 Å². The summed E-state index contributed by atoms with van der Waals surface area (Å²) in [5.41, 5.74) is 6.61. The van der Waals surface area contributed by atoms with E-state index in [4.69, 9.17) is 5.73 Å². The first-order valence-corrected chi connectivity index (χ1v) is 6.91. The standard InChI is InChI=1S/C14H20N4O2/c15-9-12-8-11(4-5-16-12)14(20)17-10-13(19)18-6-2-1-3-7-18/h4-5,8H,1-3,6-7,9-10,15H2,(H,17,20). The summed E-state index contributed by atoms with van der Waals surface area (Å²) in [7, 11) is 0. The molecule has 1 saturated heterocycles. The van der Waals surface area contributed by atoms with Gasteiger partial charge in [0.05, 0.1) is 12.2 Å². The number of amides is 2. The zero-order valence-electron chi connectivity index (χ0n) is 11.5. The zero-order chi connectivity index (χ0) is 14.4. The average molecular weight is 276 g/mol. The Morgan fingerprint density at radius 2 is 2.05 bits per heavy atom. The number of carbonyl (C=O) groups is 2. The van der Waals surface area contributed by atoms with Crippen LogP contribution in [0.3, 0.4) is 0 Å². The minimum Gasteiger partial charge on any atom is -0.343 e. The normalized spacial score (nSPS) is 14.9. The van der Waals surface area contributed by atoms with E-state index in [1.807, 2.05) is 4.90 Å². The van der Waals surface area contributed by atoms with Crippen LogP contribution in [0.1, 0.15) is 35.3 Å². The number of carbonyl (C=O) groups excluding carboxylic acids is 2. The summed E-state index contributed by atoms with van der Waals surface area (Å²) in [4.78, 5) is 29.7. The molecule has 2 rings (SSSR count). The molecule has 0 spiro atoms. The fourth-order valence-electron chi connectivity index (χ4n) is 2.24. The summed E-state index contributed by atoms with van der Waals surface area (Å²) in [5.74, 6) is -0.293. The summed E-state index contributed by atoms with van der Waals surface area (Å²) in [5, 5.41) is 2.65. The van der Waals surface area contributed by atoms with Crippen LogP contribution in [0.4, 0.5) is 0 Å². The Balaban J connectivity index is 1.86. The molecule has 2 amide bonds. The lowest BCUT2D eigenvalue weighted by molar-refractivity contribution is -0.130. The van der Waals surface area contributed by atoms with Crippen LogP contribution in [0.2, 0.25) is 0 Å². The second kappa shape index (κ2) is 7.00. The highest BCUT2D eigenvalue weighted by Gasteiger charge is 2.17. The largest absolute Gasteiger partial charge is 0.343 e. The van der Waals surface area contributed by atoms with Gasteiger partial charge >= 0.3 is 0 Å². The minimum absolute atomic E-state index is 0.0221. The summed E-state index contributed by atoms with van der Waals surface area (Å²) >= 11 is 0. The molecule has 0 bridgehead atoms. The van der Waals surface area contributed by atoms with Gasteiger partial charge in [0, 0.05) is 31.4 Å². The van der Waals surface area contributed by atoms with Crippen LogP contribution in [0, 0.1) is 0 Å². The number of hydrogen-bond acceptors (Lipinski definition) is 4. The number of piperidine rings is 1. The molecule has 20 heavy (non-hydrogen) atoms. The van der Waals surface area contributed by atoms with Crippen molar-refractivity contribution in [2.45, 2.75) is 25.8 Å². The highest BCUT2D eigenvalue weighted by Crippen LogP contribution is 2.08. The topological polar surface area (TPSA) is 88.3 Å². The second-order valence-electron chi connectivity index (χ2n) is 4.86. The van der Waals surface area contributed by atoms with Gasteiger partial charge in [-0.3, -0.25) is 14.6 Å². The van der Waals surface area contributed by atoms with Crippen molar-refractivity contribution >= 4 is 11.8 Å². The van der Waals surface area contributed by atoms with Crippen LogP contribution in [0.25, 0.3) is 0 Å². The SMILES string of the molecule is NCc1cc(C(=O)NCC(=O)N2CCCCC2)ccn1. The van der Waals surface area contributed by atoms with Crippen molar-refractivity contribution in [1.82, 2.24) is 15.2 Å². The van der Waals surface area contributed by atoms with Gasteiger partial charge in [-0.2, -0.15) is 0 Å². The van der Waals surface area contributed by atoms with E-state index in [9.17, 15) is 9.59 Å². The average Bonchev–Trinajstić information content (AvgIpc) is 2.53. The summed E-state index contributed by atoms with van der Waals surface area (Å²) in [6, 6.07) is 3.25. The molecule has 1 aliphatic rings. The number of pyridine rings is 1. The lowest BCUT2D eigenvalue weighted by Crippen LogP contribution is -2.42. The monoisotopic (exact) mass is 276 g/mol. The highest BCUT2D eigenvalue weighted by molar-refractivity contribution is 5.96. The van der Waals surface area contributed by atoms with Crippen molar-refractivity contribution in [3.8, 4) is 0 Å². The lowest BCUT2D eigenvalue weighted by atomic mass is 10.1. The van der Waals surface area contributed by atoms with Crippen LogP contribution >= 0.6 is 0 Å². The van der Waals surface area contributed by atoms with Gasteiger partial charge in [0.2, 0.25) is 5.91 Å². The van der Waals surface area contributed by atoms with E-state index >= 15 is 0 Å². The van der Waals surface area contributed by atoms with E-state index in [0.29, 0.717) is 11.3 Å². The maximum absolute atomic E-state index is 11.9. The Labute approximate surface area is 118 Å². The fourth-order valence-corrected chi connectivity index (χ4v) is 2.24. The number of nitrogens with zero attached hydrogens (tertiary/aromatic N) is 2. The van der Waals surface area contributed by atoms with Crippen molar-refractivity contribution in [3.63, 3.8) is 0 Å². The summed E-state index contributed by atoms with van der Waals surface area (Å²) < 4.78 is 0. The van der Waals surface area contributed by atoms with Crippen molar-refractivity contribution in [2.75, 3.05) is 19.6 Å². The summed E-state index contributed by atoms with van der Waals surface area (Å²) in [6.45, 7) is 1.91. The quantitative estimate of drug-likeness (QED) is 0.827. The number of rotatable bonds is 4. The van der Waals surface area contributed by atoms with Gasteiger partial charge in [-0.1, -0.05) is 0 Å². The molecule has 1 aromatic heterocycles. The van der Waals surface area contributed by atoms with Gasteiger partial charge in [0.1, 0.15) is 0 Å². The van der Waals surface area contributed by atoms with Crippen LogP contribution < -0.4 is 11.1 Å². The van der Waals surface area contributed by atoms with E-state index in [0.717, 1.165) is 25.9 Å². The van der Waals surface area contributed by atoms with Crippen molar-refractivity contribution < 1.29 is 9.59 Å². The molecule has 6 nitrogen and oxygen atoms in total. The molecular formula is C14H20N4O2. The molecule has 1 aromatic rings. The first kappa shape index (κ1) is 14.5. The number of nitrogens with two attached hydrogens (primary N) is 1. The third-order valence-electron chi connectivity index (χ3n) is 3.40. The fraction of sp³-hybridized carbons (Fsp3) is 0.500. The molecule has 108 valence electrons. The molecule has 6 heteroatoms. The third kappa shape index (κ3) is 3.77. The van der Waals surface area contributed by atoms with Gasteiger partial charge in [0.25, 0.3) is 5.91 Å². The van der Waals surface area contributed by atoms with Gasteiger partial charge in [-0.25, -0.2) is 0 Å². The van der Waals surface area contributed by atoms with Gasteiger partial charge < -0.3 is 16.0 Å². The molecule has 3 N–H and O–H groups in total. The first-order valence-electron chi connectivity index (χ1n) is 6.91. The van der Waals surface area contributed by atoms with E-state index in [1.165, 1.54) is 6.42 Å². The molecule has 1 aliphatic heterocycles. The molecule has 0 aliphatic carbocycles. The van der Waals surface area contributed by atoms with E-state index in [-0.39, 0.29) is 24.9 Å². The number of aromatic nitrogens is 1. The summed E-state index contributed by atoms with van der Waals surface area (Å²) in [6.07, 6.45) is 4.81. The molecule has 0 atom stereocenters. The van der Waals surface area contributed by atoms with Gasteiger partial charge in [0.15, 0.2) is 0 Å². The van der Waals surface area contributed by atoms with Gasteiger partial charge in [-0.05, 0) is 31.4 Å². The van der Waals surface area contributed by atoms with E-state index in [1.54, 1.807) is 18.3 Å². The highest BCUT2D eigenvalue weighted by atomic mass is 16.2. The molecular weight excluding hydrogens is 256 g/mol. The number of likely N-dealkylation sites (tertiary alicyclic amines) is 1. The van der Waals surface area contributed by atoms with E-state index < -0.39 is 0 Å². The second-order valence-corrected chi connectivity index (χ2v) is 4.86. The number of nitrogens with one attached hydrogen (secondary N) is 1. The smallest absolute Gasteiger partial charge is 0.251 e. The first-order chi connectivity index (χ1) is 9.70. The number of hydrogen-bond donors (Lipinski definition) is 2. The molecule has 0 unspecified atom stereocenters. The Kier molecular flexibility index (Phi) is 5.06. The van der Waals surface area contributed by atoms with Crippen LogP contribution in [-0.4, -0.2) is 41.3 Å². The predicted molar refractivity (Wildman–Crippen MR) is 74.9 cm³/mol. The zero-order valence-corrected chi connectivity index (χ0v) is 11.5. The Bertz CT molecular complexity index is 484. The Morgan fingerprint density at radius 1 is 1.30 bits per heavy atom. The van der Waals surface area contributed by atoms with Crippen LogP contribution in [0.15, 0.2) is 18.3 Å². The van der Waals surface area contributed by atoms with Gasteiger partial charge in [-0.15, -0.1) is 0 Å². The Morgan fingerprint density at radius 3 is 2.75 bits per heavy atom. The van der Waals surface area contributed by atoms with Crippen LogP contribution in [0.5, 0.6) is 0 Å². The molecule has 2 heterocycles. The minimum atomic E-state index is -0.271. The Hall–Kier alpha value is -1.95. The molecule has 0 aromatic carbocycles. The maximum Gasteiger partial charge on any atom is 0.251 e. The molecule has 0 saturated carbocycles. The van der Waals surface area contributed by atoms with Crippen LogP contribution in [-0.2, 0) is 11.3 Å². The van der Waals surface area contributed by atoms with Crippen molar-refractivity contribution in [1.29, 1.82) is 0 Å². The van der Waals surface area contributed by atoms with Crippen molar-refractivity contribution in [2.24, 2.45) is 5.73 Å². The molecule has 0 radical (unpaired) electrons. The van der Waals surface area contributed by atoms with E-state index in [2.05, 4.69) is 10.3 Å². The third-order valence-corrected chi connectivity index (χ3v) is 3.40. The lowest BCUT2D eigenvalue weighted by Gasteiger charge is -2.26. The molecule has 1 fully saturated rings. The predicted octanol–water partition coefficient (Wildman–Crippen LogP) is 0.283.